The molecule has 2 radical (unpaired) electrons. The number of nitrogens with one attached hydrogen (secondary N) is 1. The van der Waals surface area contributed by atoms with Crippen LogP contribution in [-0.4, -0.2) is 28.1 Å². The Labute approximate surface area is 108 Å². The van der Waals surface area contributed by atoms with Crippen molar-refractivity contribution in [3.63, 3.8) is 0 Å². The summed E-state index contributed by atoms with van der Waals surface area (Å²) in [4.78, 5) is 10.6. The Balaban J connectivity index is 2.34. The zero-order chi connectivity index (χ0) is 12.3. The van der Waals surface area contributed by atoms with Crippen molar-refractivity contribution >= 4 is 33.0 Å². The van der Waals surface area contributed by atoms with Crippen LogP contribution in [0.5, 0.6) is 0 Å². The van der Waals surface area contributed by atoms with Gasteiger partial charge in [0.2, 0.25) is 0 Å². The number of carbonyl (C=O) groups is 1. The second kappa shape index (κ2) is 5.07. The molecule has 2 aromatic rings. The van der Waals surface area contributed by atoms with E-state index in [4.69, 9.17) is 5.11 Å². The van der Waals surface area contributed by atoms with Crippen molar-refractivity contribution in [1.82, 2.24) is 0 Å². The topological polar surface area (TPSA) is 49.3 Å². The Hall–Kier alpha value is -1.73. The van der Waals surface area contributed by atoms with Crippen LogP contribution >= 0.6 is 0 Å². The Morgan fingerprint density at radius 1 is 1.06 bits per heavy atom. The summed E-state index contributed by atoms with van der Waals surface area (Å²) < 4.78 is 0.848. The number of carboxylic acid groups (broad SMARTS) is 1. The van der Waals surface area contributed by atoms with Gasteiger partial charge in [-0.25, -0.2) is 0 Å². The fourth-order valence-electron chi connectivity index (χ4n) is 1.56. The van der Waals surface area contributed by atoms with E-state index in [9.17, 15) is 4.79 Å². The van der Waals surface area contributed by atoms with Crippen molar-refractivity contribution in [1.29, 1.82) is 0 Å². The third-order valence-corrected chi connectivity index (χ3v) is 3.12. The molecule has 2 aromatic carbocycles. The van der Waals surface area contributed by atoms with E-state index in [1.54, 1.807) is 6.07 Å². The van der Waals surface area contributed by atoms with Crippen molar-refractivity contribution in [3.8, 4) is 11.1 Å². The number of amides is 1. The molecule has 3 nitrogen and oxygen atoms in total. The number of hydrogen-bond donors (Lipinski definition) is 2. The van der Waals surface area contributed by atoms with Crippen LogP contribution in [0.4, 0.5) is 10.5 Å². The minimum atomic E-state index is -1.05. The van der Waals surface area contributed by atoms with Crippen LogP contribution in [-0.2, 0) is 0 Å². The fourth-order valence-corrected chi connectivity index (χ4v) is 2.13. The normalized spacial score (nSPS) is 9.94. The number of anilines is 1. The summed E-state index contributed by atoms with van der Waals surface area (Å²) in [5.41, 5.74) is 2.77. The first-order valence-corrected chi connectivity index (χ1v) is 5.99. The van der Waals surface area contributed by atoms with Crippen LogP contribution in [0.15, 0.2) is 48.5 Å². The number of hydrogen-bond acceptors (Lipinski definition) is 1. The predicted molar refractivity (Wildman–Crippen MR) is 68.9 cm³/mol. The van der Waals surface area contributed by atoms with Gasteiger partial charge in [-0.1, -0.05) is 0 Å². The molecule has 0 heterocycles. The van der Waals surface area contributed by atoms with Gasteiger partial charge in [0.05, 0.1) is 0 Å². The van der Waals surface area contributed by atoms with E-state index < -0.39 is 6.09 Å². The van der Waals surface area contributed by atoms with E-state index in [2.05, 4.69) is 22.2 Å². The summed E-state index contributed by atoms with van der Waals surface area (Å²) in [7, 11) is 0. The van der Waals surface area contributed by atoms with Gasteiger partial charge < -0.3 is 0 Å². The zero-order valence-corrected chi connectivity index (χ0v) is 10.8. The van der Waals surface area contributed by atoms with Gasteiger partial charge in [-0.15, -0.1) is 0 Å². The third kappa shape index (κ3) is 2.89. The Bertz CT molecular complexity index is 540. The average Bonchev–Trinajstić information content (AvgIpc) is 2.32. The van der Waals surface area contributed by atoms with Crippen molar-refractivity contribution in [2.24, 2.45) is 0 Å². The Morgan fingerprint density at radius 2 is 1.76 bits per heavy atom. The first-order valence-electron chi connectivity index (χ1n) is 5.05. The molecule has 0 saturated carbocycles. The van der Waals surface area contributed by atoms with E-state index in [0.717, 1.165) is 15.5 Å². The maximum atomic E-state index is 10.6. The van der Waals surface area contributed by atoms with E-state index in [0.29, 0.717) is 5.69 Å². The molecular weight excluding hydrogens is 277 g/mol. The maximum absolute atomic E-state index is 10.6. The summed E-state index contributed by atoms with van der Waals surface area (Å²) >= 11 is 2.37. The van der Waals surface area contributed by atoms with Gasteiger partial charge >= 0.3 is 108 Å². The van der Waals surface area contributed by atoms with E-state index in [-0.39, 0.29) is 0 Å². The molecule has 0 bridgehead atoms. The van der Waals surface area contributed by atoms with Gasteiger partial charge in [-0.3, -0.25) is 0 Å². The molecule has 84 valence electrons. The van der Waals surface area contributed by atoms with Crippen molar-refractivity contribution in [3.05, 3.63) is 48.5 Å². The summed E-state index contributed by atoms with van der Waals surface area (Å²) in [6.45, 7) is 0. The quantitative estimate of drug-likeness (QED) is 0.832. The summed E-state index contributed by atoms with van der Waals surface area (Å²) in [6, 6.07) is 15.6. The van der Waals surface area contributed by atoms with Crippen molar-refractivity contribution in [2.45, 2.75) is 0 Å². The fraction of sp³-hybridized carbons (Fsp3) is 0. The van der Waals surface area contributed by atoms with Gasteiger partial charge in [-0.05, 0) is 0 Å². The van der Waals surface area contributed by atoms with Gasteiger partial charge in [0.25, 0.3) is 0 Å². The molecule has 4 heteroatoms. The molecule has 2 N–H and O–H groups in total. The molecule has 0 spiro atoms. The molecule has 0 unspecified atom stereocenters. The second-order valence-electron chi connectivity index (χ2n) is 3.53. The molecule has 0 aromatic heterocycles. The zero-order valence-electron chi connectivity index (χ0n) is 8.92. The Morgan fingerprint density at radius 3 is 2.35 bits per heavy atom. The van der Waals surface area contributed by atoms with Crippen LogP contribution in [0.2, 0.25) is 0 Å². The Kier molecular flexibility index (Phi) is 3.50. The second-order valence-corrected chi connectivity index (χ2v) is 4.54. The summed E-state index contributed by atoms with van der Waals surface area (Å²) in [6.07, 6.45) is -1.05. The summed E-state index contributed by atoms with van der Waals surface area (Å²) in [5, 5.41) is 11.0. The van der Waals surface area contributed by atoms with E-state index in [1.165, 1.54) is 0 Å². The van der Waals surface area contributed by atoms with Crippen molar-refractivity contribution in [2.75, 3.05) is 5.32 Å². The molecule has 0 aliphatic heterocycles. The first kappa shape index (κ1) is 11.7. The van der Waals surface area contributed by atoms with Crippen LogP contribution in [0.3, 0.4) is 0 Å². The van der Waals surface area contributed by atoms with Gasteiger partial charge in [-0.2, -0.15) is 0 Å². The number of benzene rings is 2. The predicted octanol–water partition coefficient (Wildman–Crippen LogP) is 2.24. The first-order chi connectivity index (χ1) is 8.16. The molecular formula is C13H10AsNO2. The molecule has 2 rings (SSSR count). The molecule has 1 amide bonds. The van der Waals surface area contributed by atoms with Crippen LogP contribution in [0.25, 0.3) is 11.1 Å². The molecule has 0 aliphatic carbocycles. The van der Waals surface area contributed by atoms with Crippen LogP contribution in [0.1, 0.15) is 0 Å². The minimum absolute atomic E-state index is 0.595. The SMILES string of the molecule is O=C(O)Nc1ccc(-c2ccccc2)cc1[As]. The summed E-state index contributed by atoms with van der Waals surface area (Å²) in [5.74, 6) is 0. The average molecular weight is 287 g/mol. The molecule has 0 saturated heterocycles. The van der Waals surface area contributed by atoms with E-state index in [1.807, 2.05) is 42.5 Å². The standard InChI is InChI=1S/C13H10AsNO2/c14-11-8-10(9-4-2-1-3-5-9)6-7-12(11)15-13(16)17/h1-8,15H,(H,16,17). The van der Waals surface area contributed by atoms with Crippen LogP contribution < -0.4 is 9.67 Å². The molecule has 0 fully saturated rings. The molecule has 0 aliphatic rings. The van der Waals surface area contributed by atoms with Gasteiger partial charge in [0, 0.05) is 0 Å². The van der Waals surface area contributed by atoms with Gasteiger partial charge in [0.15, 0.2) is 0 Å². The third-order valence-electron chi connectivity index (χ3n) is 2.35. The molecule has 17 heavy (non-hydrogen) atoms. The van der Waals surface area contributed by atoms with Crippen LogP contribution in [0, 0.1) is 0 Å². The monoisotopic (exact) mass is 287 g/mol. The van der Waals surface area contributed by atoms with E-state index >= 15 is 0 Å². The van der Waals surface area contributed by atoms with Crippen molar-refractivity contribution < 1.29 is 9.90 Å². The molecule has 0 atom stereocenters. The number of rotatable bonds is 2. The van der Waals surface area contributed by atoms with Gasteiger partial charge in [0.1, 0.15) is 0 Å².